The summed E-state index contributed by atoms with van der Waals surface area (Å²) in [5.74, 6) is -0.0953. The molecular weight excluding hydrogens is 320 g/mol. The Morgan fingerprint density at radius 2 is 1.94 bits per heavy atom. The summed E-state index contributed by atoms with van der Waals surface area (Å²) in [6, 6.07) is 6.53. The molecule has 7 heteroatoms. The van der Waals surface area contributed by atoms with Crippen LogP contribution in [-0.4, -0.2) is 40.2 Å². The largest absolute Gasteiger partial charge is 0.354 e. The molecule has 0 radical (unpaired) electrons. The van der Waals surface area contributed by atoms with E-state index >= 15 is 0 Å². The van der Waals surface area contributed by atoms with E-state index in [2.05, 4.69) is 21.2 Å². The molecule has 1 aromatic rings. The Kier molecular flexibility index (Phi) is 5.77. The van der Waals surface area contributed by atoms with Gasteiger partial charge in [0.1, 0.15) is 5.75 Å². The van der Waals surface area contributed by atoms with Crippen LogP contribution < -0.4 is 10.6 Å². The fourth-order valence-corrected chi connectivity index (χ4v) is 2.86. The molecule has 0 aliphatic rings. The topological polar surface area (TPSA) is 79.8 Å². The number of halogens is 1. The van der Waals surface area contributed by atoms with Gasteiger partial charge in [-0.1, -0.05) is 15.9 Å². The van der Waals surface area contributed by atoms with Gasteiger partial charge in [-0.2, -0.15) is 0 Å². The average molecular weight is 336 g/mol. The van der Waals surface area contributed by atoms with E-state index in [1.54, 1.807) is 36.6 Å². The van der Waals surface area contributed by atoms with Gasteiger partial charge in [0.2, 0.25) is 0 Å². The van der Waals surface area contributed by atoms with Crippen molar-refractivity contribution in [2.75, 3.05) is 25.9 Å². The third-order valence-corrected chi connectivity index (χ3v) is 4.66. The molecule has 0 unspecified atom stereocenters. The van der Waals surface area contributed by atoms with Gasteiger partial charge < -0.3 is 10.6 Å². The lowest BCUT2D eigenvalue weighted by Gasteiger charge is -2.04. The lowest BCUT2D eigenvalue weighted by molar-refractivity contribution is -0.639. The molecule has 0 aromatic heterocycles. The zero-order chi connectivity index (χ0) is 13.6. The molecule has 0 saturated carbocycles. The van der Waals surface area contributed by atoms with Crippen LogP contribution in [0.2, 0.25) is 0 Å². The van der Waals surface area contributed by atoms with Gasteiger partial charge in [0.25, 0.3) is 5.91 Å². The number of hydrogen-bond donors (Lipinski definition) is 2. The summed E-state index contributed by atoms with van der Waals surface area (Å²) in [5, 5.41) is 4.15. The normalized spacial score (nSPS) is 11.2. The minimum absolute atomic E-state index is 0.0195. The molecule has 0 spiro atoms. The molecule has 0 saturated heterocycles. The number of hydrogen-bond acceptors (Lipinski definition) is 3. The van der Waals surface area contributed by atoms with Gasteiger partial charge >= 0.3 is 0 Å². The number of nitrogens with one attached hydrogen (secondary N) is 1. The van der Waals surface area contributed by atoms with Crippen molar-refractivity contribution in [3.8, 4) is 0 Å². The molecule has 0 atom stereocenters. The molecule has 0 aliphatic heterocycles. The van der Waals surface area contributed by atoms with E-state index in [9.17, 15) is 13.2 Å². The SMILES string of the molecule is CNC(=O)C[NH2+]CCS(=O)(=O)c1ccc(Br)cc1. The fourth-order valence-electron chi connectivity index (χ4n) is 1.33. The summed E-state index contributed by atoms with van der Waals surface area (Å²) in [6.45, 7) is 0.609. The van der Waals surface area contributed by atoms with E-state index in [-0.39, 0.29) is 18.2 Å². The van der Waals surface area contributed by atoms with Crippen molar-refractivity contribution in [1.29, 1.82) is 0 Å². The number of carbonyl (C=O) groups excluding carboxylic acids is 1. The number of sulfone groups is 1. The Bertz CT molecular complexity index is 500. The number of amides is 1. The van der Waals surface area contributed by atoms with E-state index in [1.165, 1.54) is 0 Å². The minimum Gasteiger partial charge on any atom is -0.354 e. The molecule has 100 valence electrons. The molecule has 0 aliphatic carbocycles. The molecule has 1 amide bonds. The van der Waals surface area contributed by atoms with Crippen LogP contribution in [0.5, 0.6) is 0 Å². The fraction of sp³-hybridized carbons (Fsp3) is 0.364. The maximum atomic E-state index is 11.9. The first-order valence-corrected chi connectivity index (χ1v) is 7.91. The molecule has 5 nitrogen and oxygen atoms in total. The molecular formula is C11H16BrN2O3S+. The second-order valence-electron chi connectivity index (χ2n) is 3.73. The predicted molar refractivity (Wildman–Crippen MR) is 71.9 cm³/mol. The van der Waals surface area contributed by atoms with Gasteiger partial charge in [0.05, 0.1) is 11.4 Å². The number of rotatable bonds is 6. The molecule has 1 rings (SSSR count). The van der Waals surface area contributed by atoms with Crippen LogP contribution in [-0.2, 0) is 14.6 Å². The monoisotopic (exact) mass is 335 g/mol. The van der Waals surface area contributed by atoms with Crippen LogP contribution in [0.3, 0.4) is 0 Å². The van der Waals surface area contributed by atoms with Crippen molar-refractivity contribution in [3.05, 3.63) is 28.7 Å². The van der Waals surface area contributed by atoms with E-state index in [4.69, 9.17) is 0 Å². The zero-order valence-corrected chi connectivity index (χ0v) is 12.4. The Morgan fingerprint density at radius 3 is 2.50 bits per heavy atom. The molecule has 1 aromatic carbocycles. The number of likely N-dealkylation sites (N-methyl/N-ethyl adjacent to an activating group) is 1. The van der Waals surface area contributed by atoms with Crippen LogP contribution in [0.1, 0.15) is 0 Å². The van der Waals surface area contributed by atoms with Gasteiger partial charge in [0.15, 0.2) is 16.4 Å². The summed E-state index contributed by atoms with van der Waals surface area (Å²) in [4.78, 5) is 11.3. The van der Waals surface area contributed by atoms with Crippen molar-refractivity contribution in [1.82, 2.24) is 5.32 Å². The molecule has 3 N–H and O–H groups in total. The number of nitrogens with two attached hydrogens (primary N) is 1. The second-order valence-corrected chi connectivity index (χ2v) is 6.75. The Balaban J connectivity index is 2.50. The van der Waals surface area contributed by atoms with Crippen molar-refractivity contribution in [2.45, 2.75) is 4.90 Å². The zero-order valence-electron chi connectivity index (χ0n) is 10.0. The highest BCUT2D eigenvalue weighted by atomic mass is 79.9. The average Bonchev–Trinajstić information content (AvgIpc) is 2.35. The lowest BCUT2D eigenvalue weighted by atomic mass is 10.4. The summed E-state index contributed by atoms with van der Waals surface area (Å²) in [7, 11) is -1.72. The van der Waals surface area contributed by atoms with Gasteiger partial charge in [-0.05, 0) is 24.3 Å². The smallest absolute Gasteiger partial charge is 0.274 e. The van der Waals surface area contributed by atoms with E-state index in [0.717, 1.165) is 4.47 Å². The third kappa shape index (κ3) is 4.75. The number of carbonyl (C=O) groups is 1. The number of quaternary nitrogens is 1. The summed E-state index contributed by atoms with van der Waals surface area (Å²) in [6.07, 6.45) is 0. The van der Waals surface area contributed by atoms with Crippen LogP contribution in [0, 0.1) is 0 Å². The summed E-state index contributed by atoms with van der Waals surface area (Å²) >= 11 is 3.25. The standard InChI is InChI=1S/C11H15BrN2O3S/c1-13-11(15)8-14-6-7-18(16,17)10-4-2-9(12)3-5-10/h2-5,14H,6-8H2,1H3,(H,13,15)/p+1. The van der Waals surface area contributed by atoms with E-state index in [1.807, 2.05) is 0 Å². The Hall–Kier alpha value is -0.920. The first kappa shape index (κ1) is 15.1. The van der Waals surface area contributed by atoms with E-state index in [0.29, 0.717) is 11.4 Å². The molecule has 0 fully saturated rings. The molecule has 18 heavy (non-hydrogen) atoms. The van der Waals surface area contributed by atoms with Crippen LogP contribution >= 0.6 is 15.9 Å². The molecule has 0 bridgehead atoms. The highest BCUT2D eigenvalue weighted by Gasteiger charge is 2.15. The summed E-state index contributed by atoms with van der Waals surface area (Å²) < 4.78 is 24.7. The van der Waals surface area contributed by atoms with Crippen LogP contribution in [0.15, 0.2) is 33.6 Å². The molecule has 0 heterocycles. The summed E-state index contributed by atoms with van der Waals surface area (Å²) in [5.41, 5.74) is 0. The lowest BCUT2D eigenvalue weighted by Crippen LogP contribution is -2.87. The third-order valence-electron chi connectivity index (χ3n) is 2.37. The van der Waals surface area contributed by atoms with Gasteiger partial charge in [0, 0.05) is 11.5 Å². The quantitative estimate of drug-likeness (QED) is 0.690. The van der Waals surface area contributed by atoms with Crippen molar-refractivity contribution in [3.63, 3.8) is 0 Å². The van der Waals surface area contributed by atoms with Crippen molar-refractivity contribution < 1.29 is 18.5 Å². The second kappa shape index (κ2) is 6.86. The first-order valence-electron chi connectivity index (χ1n) is 5.46. The van der Waals surface area contributed by atoms with Gasteiger partial charge in [-0.15, -0.1) is 0 Å². The van der Waals surface area contributed by atoms with Gasteiger partial charge in [-0.25, -0.2) is 8.42 Å². The highest BCUT2D eigenvalue weighted by Crippen LogP contribution is 2.15. The number of benzene rings is 1. The van der Waals surface area contributed by atoms with E-state index < -0.39 is 9.84 Å². The Morgan fingerprint density at radius 1 is 1.33 bits per heavy atom. The Labute approximate surface area is 115 Å². The predicted octanol–water partition coefficient (Wildman–Crippen LogP) is -0.468. The maximum absolute atomic E-state index is 11.9. The van der Waals surface area contributed by atoms with Crippen molar-refractivity contribution >= 4 is 31.7 Å². The van der Waals surface area contributed by atoms with Crippen molar-refractivity contribution in [2.24, 2.45) is 0 Å². The maximum Gasteiger partial charge on any atom is 0.274 e. The van der Waals surface area contributed by atoms with Crippen LogP contribution in [0.4, 0.5) is 0 Å². The van der Waals surface area contributed by atoms with Crippen LogP contribution in [0.25, 0.3) is 0 Å². The van der Waals surface area contributed by atoms with Gasteiger partial charge in [-0.3, -0.25) is 4.79 Å². The first-order chi connectivity index (χ1) is 8.45. The highest BCUT2D eigenvalue weighted by molar-refractivity contribution is 9.10. The minimum atomic E-state index is -3.27.